The second-order valence-corrected chi connectivity index (χ2v) is 4.30. The molecule has 5 heteroatoms. The maximum atomic E-state index is 11.2. The minimum Gasteiger partial charge on any atom is -0.538 e. The lowest BCUT2D eigenvalue weighted by Crippen LogP contribution is -2.36. The van der Waals surface area contributed by atoms with Gasteiger partial charge in [-0.15, -0.1) is 0 Å². The van der Waals surface area contributed by atoms with Crippen molar-refractivity contribution in [2.24, 2.45) is 0 Å². The summed E-state index contributed by atoms with van der Waals surface area (Å²) in [6.45, 7) is 4.01. The van der Waals surface area contributed by atoms with E-state index in [9.17, 15) is 5.11 Å². The van der Waals surface area contributed by atoms with E-state index in [2.05, 4.69) is 9.79 Å². The predicted octanol–water partition coefficient (Wildman–Crippen LogP) is 1.25. The number of benzene rings is 1. The average Bonchev–Trinajstić information content (AvgIpc) is 2.53. The number of hydrogen-bond acceptors (Lipinski definition) is 3. The molecule has 78 valence electrons. The van der Waals surface area contributed by atoms with E-state index in [1.165, 1.54) is 4.68 Å². The van der Waals surface area contributed by atoms with E-state index in [0.717, 1.165) is 16.8 Å². The van der Waals surface area contributed by atoms with Crippen molar-refractivity contribution in [3.05, 3.63) is 33.0 Å². The third kappa shape index (κ3) is 1.71. The van der Waals surface area contributed by atoms with Crippen molar-refractivity contribution in [1.82, 2.24) is 5.27 Å². The first-order valence-corrected chi connectivity index (χ1v) is 5.50. The number of halogens is 1. The number of rotatable bonds is 1. The Bertz CT molecular complexity index is 508. The highest BCUT2D eigenvalue weighted by Crippen LogP contribution is 2.16. The van der Waals surface area contributed by atoms with Gasteiger partial charge in [0.25, 0.3) is 3.70 Å². The van der Waals surface area contributed by atoms with E-state index in [0.29, 0.717) is 3.70 Å². The summed E-state index contributed by atoms with van der Waals surface area (Å²) in [7, 11) is 0. The van der Waals surface area contributed by atoms with Gasteiger partial charge in [-0.3, -0.25) is 0 Å². The van der Waals surface area contributed by atoms with Gasteiger partial charge in [0.2, 0.25) is 5.69 Å². The minimum atomic E-state index is -0.406. The normalized spacial score (nSPS) is 10.6. The molecular formula is C10H9IN2O2. The highest BCUT2D eigenvalue weighted by molar-refractivity contribution is 14.1. The summed E-state index contributed by atoms with van der Waals surface area (Å²) >= 11 is 1.93. The van der Waals surface area contributed by atoms with E-state index in [1.54, 1.807) is 0 Å². The van der Waals surface area contributed by atoms with Gasteiger partial charge in [0.15, 0.2) is 5.95 Å². The second-order valence-electron chi connectivity index (χ2n) is 3.28. The van der Waals surface area contributed by atoms with Crippen LogP contribution in [-0.2, 0) is 0 Å². The lowest BCUT2D eigenvalue weighted by molar-refractivity contribution is -0.682. The van der Waals surface area contributed by atoms with Gasteiger partial charge in [0, 0.05) is 34.2 Å². The van der Waals surface area contributed by atoms with E-state index in [4.69, 9.17) is 0 Å². The maximum absolute atomic E-state index is 11.2. The first kappa shape index (κ1) is 10.4. The van der Waals surface area contributed by atoms with Crippen molar-refractivity contribution in [3.63, 3.8) is 0 Å². The first-order valence-electron chi connectivity index (χ1n) is 4.42. The first-order chi connectivity index (χ1) is 7.11. The van der Waals surface area contributed by atoms with Crippen molar-refractivity contribution < 1.29 is 14.3 Å². The molecule has 0 aliphatic rings. The Hall–Kier alpha value is -1.11. The molecule has 0 spiro atoms. The Kier molecular flexibility index (Phi) is 2.64. The van der Waals surface area contributed by atoms with Crippen LogP contribution in [0.4, 0.5) is 0 Å². The van der Waals surface area contributed by atoms with Gasteiger partial charge in [-0.2, -0.15) is 0 Å². The maximum Gasteiger partial charge on any atom is 0.298 e. The molecule has 0 saturated heterocycles. The molecule has 0 aliphatic carbocycles. The number of aryl methyl sites for hydroxylation is 1. The van der Waals surface area contributed by atoms with Crippen LogP contribution in [0.2, 0.25) is 0 Å². The molecule has 1 heterocycles. The lowest BCUT2D eigenvalue weighted by atomic mass is 10.1. The van der Waals surface area contributed by atoms with Crippen molar-refractivity contribution in [1.29, 1.82) is 0 Å². The Balaban J connectivity index is 2.64. The average molecular weight is 316 g/mol. The Morgan fingerprint density at radius 2 is 2.13 bits per heavy atom. The number of nitrogens with zero attached hydrogens (tertiary/aromatic N) is 2. The molecule has 1 aromatic carbocycles. The SMILES string of the molecule is Cc1cccc(-[n+]2noc([O-])c2I)c1C. The molecule has 2 rings (SSSR count). The fourth-order valence-electron chi connectivity index (χ4n) is 1.35. The fourth-order valence-corrected chi connectivity index (χ4v) is 1.80. The van der Waals surface area contributed by atoms with E-state index in [1.807, 2.05) is 54.6 Å². The molecule has 0 bridgehead atoms. The standard InChI is InChI=1S/C10H9IN2O2/c1-6-4-3-5-8(7(6)2)13-9(11)10(14)15-12-13/h3-5H,1-2H3. The van der Waals surface area contributed by atoms with Crippen LogP contribution >= 0.6 is 22.6 Å². The topological polar surface area (TPSA) is 53.0 Å². The molecule has 0 unspecified atom stereocenters. The van der Waals surface area contributed by atoms with Crippen LogP contribution < -0.4 is 9.79 Å². The largest absolute Gasteiger partial charge is 0.538 e. The minimum absolute atomic E-state index is 0.406. The molecule has 0 N–H and O–H groups in total. The monoisotopic (exact) mass is 316 g/mol. The molecule has 0 fully saturated rings. The zero-order valence-corrected chi connectivity index (χ0v) is 10.5. The molecule has 0 amide bonds. The third-order valence-corrected chi connectivity index (χ3v) is 3.26. The van der Waals surface area contributed by atoms with Crippen LogP contribution in [0.15, 0.2) is 22.7 Å². The summed E-state index contributed by atoms with van der Waals surface area (Å²) in [5, 5.41) is 14.9. The van der Waals surface area contributed by atoms with Gasteiger partial charge in [-0.1, -0.05) is 12.1 Å². The van der Waals surface area contributed by atoms with E-state index >= 15 is 0 Å². The smallest absolute Gasteiger partial charge is 0.298 e. The molecule has 0 atom stereocenters. The van der Waals surface area contributed by atoms with Gasteiger partial charge in [0.1, 0.15) is 0 Å². The summed E-state index contributed by atoms with van der Waals surface area (Å²) in [5.74, 6) is -0.406. The molecule has 0 radical (unpaired) electrons. The zero-order valence-electron chi connectivity index (χ0n) is 8.32. The van der Waals surface area contributed by atoms with Gasteiger partial charge >= 0.3 is 0 Å². The van der Waals surface area contributed by atoms with Gasteiger partial charge < -0.3 is 9.63 Å². The fraction of sp³-hybridized carbons (Fsp3) is 0.200. The van der Waals surface area contributed by atoms with Crippen molar-refractivity contribution in [3.8, 4) is 11.6 Å². The summed E-state index contributed by atoms with van der Waals surface area (Å²) in [4.78, 5) is 0. The predicted molar refractivity (Wildman–Crippen MR) is 59.7 cm³/mol. The second kappa shape index (κ2) is 3.80. The number of hydrogen-bond donors (Lipinski definition) is 0. The molecule has 0 aliphatic heterocycles. The lowest BCUT2D eigenvalue weighted by Gasteiger charge is -1.99. The molecule has 1 aromatic heterocycles. The molecule has 2 aromatic rings. The molecule has 4 nitrogen and oxygen atoms in total. The quantitative estimate of drug-likeness (QED) is 0.588. The van der Waals surface area contributed by atoms with Gasteiger partial charge in [-0.25, -0.2) is 0 Å². The summed E-state index contributed by atoms with van der Waals surface area (Å²) in [6.07, 6.45) is 0. The van der Waals surface area contributed by atoms with Crippen molar-refractivity contribution >= 4 is 22.6 Å². The Labute approximate surface area is 101 Å². The van der Waals surface area contributed by atoms with Crippen LogP contribution in [0.25, 0.3) is 5.69 Å². The summed E-state index contributed by atoms with van der Waals surface area (Å²) in [5.41, 5.74) is 3.13. The highest BCUT2D eigenvalue weighted by atomic mass is 127. The highest BCUT2D eigenvalue weighted by Gasteiger charge is 2.19. The van der Waals surface area contributed by atoms with E-state index in [-0.39, 0.29) is 0 Å². The van der Waals surface area contributed by atoms with Crippen LogP contribution in [0.3, 0.4) is 0 Å². The Morgan fingerprint density at radius 1 is 1.40 bits per heavy atom. The molecule has 15 heavy (non-hydrogen) atoms. The van der Waals surface area contributed by atoms with Crippen LogP contribution in [-0.4, -0.2) is 5.27 Å². The van der Waals surface area contributed by atoms with Crippen LogP contribution in [0.5, 0.6) is 5.95 Å². The number of aromatic nitrogens is 2. The van der Waals surface area contributed by atoms with E-state index < -0.39 is 5.95 Å². The molecule has 0 saturated carbocycles. The van der Waals surface area contributed by atoms with Gasteiger partial charge in [0.05, 0.1) is 5.27 Å². The van der Waals surface area contributed by atoms with Crippen molar-refractivity contribution in [2.75, 3.05) is 0 Å². The van der Waals surface area contributed by atoms with Crippen LogP contribution in [0, 0.1) is 17.5 Å². The van der Waals surface area contributed by atoms with Crippen LogP contribution in [0.1, 0.15) is 11.1 Å². The van der Waals surface area contributed by atoms with Crippen molar-refractivity contribution in [2.45, 2.75) is 13.8 Å². The molecular weight excluding hydrogens is 307 g/mol. The summed E-state index contributed by atoms with van der Waals surface area (Å²) in [6, 6.07) is 5.86. The van der Waals surface area contributed by atoms with Gasteiger partial charge in [-0.05, 0) is 24.1 Å². The zero-order chi connectivity index (χ0) is 11.0. The summed E-state index contributed by atoms with van der Waals surface area (Å²) < 4.78 is 6.57. The Morgan fingerprint density at radius 3 is 2.73 bits per heavy atom. The third-order valence-electron chi connectivity index (χ3n) is 2.36.